The highest BCUT2D eigenvalue weighted by molar-refractivity contribution is 5.94. The Bertz CT molecular complexity index is 930. The summed E-state index contributed by atoms with van der Waals surface area (Å²) in [5, 5.41) is 12.8. The van der Waals surface area contributed by atoms with Crippen LogP contribution in [-0.4, -0.2) is 73.5 Å². The number of amides is 1. The van der Waals surface area contributed by atoms with E-state index in [4.69, 9.17) is 15.2 Å². The maximum atomic E-state index is 12.4. The van der Waals surface area contributed by atoms with Gasteiger partial charge >= 0.3 is 0 Å². The van der Waals surface area contributed by atoms with Crippen LogP contribution in [0.5, 0.6) is 0 Å². The van der Waals surface area contributed by atoms with Gasteiger partial charge in [-0.05, 0) is 30.5 Å². The van der Waals surface area contributed by atoms with Crippen LogP contribution >= 0.6 is 0 Å². The fourth-order valence-corrected chi connectivity index (χ4v) is 3.79. The summed E-state index contributed by atoms with van der Waals surface area (Å²) in [6, 6.07) is 7.47. The summed E-state index contributed by atoms with van der Waals surface area (Å²) in [5.74, 6) is 1.51. The van der Waals surface area contributed by atoms with Crippen molar-refractivity contribution in [2.45, 2.75) is 71.8 Å². The third-order valence-electron chi connectivity index (χ3n) is 6.10. The summed E-state index contributed by atoms with van der Waals surface area (Å²) in [6.07, 6.45) is 9.58. The number of carbonyl (C=O) groups is 1. The second-order valence-electron chi connectivity index (χ2n) is 9.60. The predicted molar refractivity (Wildman–Crippen MR) is 162 cm³/mol. The molecule has 1 aromatic carbocycles. The van der Waals surface area contributed by atoms with Crippen LogP contribution in [0.4, 0.5) is 17.8 Å². The molecule has 1 heterocycles. The molecule has 0 aliphatic rings. The molecule has 0 saturated carbocycles. The van der Waals surface area contributed by atoms with E-state index in [0.29, 0.717) is 69.5 Å². The standard InChI is InChI=1S/C29H50N8O3/c1-3-5-7-8-9-10-17-33-28-35-27(32-16-6-4-2)36-29(37-28)34-23-24-11-13-25(14-12-24)26(38)31-18-20-40-22-21-39-19-15-30/h11-14H,3-10,15-23,30H2,1-2H3,(H,31,38)(H3,32,33,34,35,36,37). The van der Waals surface area contributed by atoms with Gasteiger partial charge in [-0.2, -0.15) is 15.0 Å². The van der Waals surface area contributed by atoms with Crippen LogP contribution in [0.25, 0.3) is 0 Å². The van der Waals surface area contributed by atoms with Crippen molar-refractivity contribution in [1.29, 1.82) is 0 Å². The van der Waals surface area contributed by atoms with E-state index in [2.05, 4.69) is 50.1 Å². The average molecular weight is 559 g/mol. The summed E-state index contributed by atoms with van der Waals surface area (Å²) in [6.45, 7) is 9.42. The van der Waals surface area contributed by atoms with Gasteiger partial charge in [-0.3, -0.25) is 4.79 Å². The van der Waals surface area contributed by atoms with Crippen molar-refractivity contribution < 1.29 is 14.3 Å². The molecule has 0 bridgehead atoms. The molecule has 0 atom stereocenters. The fourth-order valence-electron chi connectivity index (χ4n) is 3.79. The Kier molecular flexibility index (Phi) is 18.1. The molecule has 0 spiro atoms. The zero-order valence-corrected chi connectivity index (χ0v) is 24.5. The molecule has 0 radical (unpaired) electrons. The van der Waals surface area contributed by atoms with Gasteiger partial charge in [0, 0.05) is 38.3 Å². The second kappa shape index (κ2) is 21.8. The van der Waals surface area contributed by atoms with E-state index in [1.807, 2.05) is 24.3 Å². The van der Waals surface area contributed by atoms with Crippen molar-refractivity contribution in [3.05, 3.63) is 35.4 Å². The number of hydrogen-bond donors (Lipinski definition) is 5. The Morgan fingerprint density at radius 3 is 1.93 bits per heavy atom. The lowest BCUT2D eigenvalue weighted by molar-refractivity contribution is 0.0511. The van der Waals surface area contributed by atoms with Crippen LogP contribution in [0.1, 0.15) is 81.1 Å². The summed E-state index contributed by atoms with van der Waals surface area (Å²) in [5.41, 5.74) is 6.97. The molecule has 1 aromatic heterocycles. The van der Waals surface area contributed by atoms with Crippen LogP contribution in [0, 0.1) is 0 Å². The molecular formula is C29H50N8O3. The van der Waals surface area contributed by atoms with Gasteiger partial charge in [-0.1, -0.05) is 64.5 Å². The second-order valence-corrected chi connectivity index (χ2v) is 9.60. The monoisotopic (exact) mass is 558 g/mol. The summed E-state index contributed by atoms with van der Waals surface area (Å²) in [7, 11) is 0. The quantitative estimate of drug-likeness (QED) is 0.119. The van der Waals surface area contributed by atoms with Crippen molar-refractivity contribution >= 4 is 23.8 Å². The third kappa shape index (κ3) is 14.9. The van der Waals surface area contributed by atoms with Gasteiger partial charge in [-0.25, -0.2) is 0 Å². The molecule has 11 nitrogen and oxygen atoms in total. The Balaban J connectivity index is 1.81. The highest BCUT2D eigenvalue weighted by Crippen LogP contribution is 2.13. The lowest BCUT2D eigenvalue weighted by atomic mass is 10.1. The largest absolute Gasteiger partial charge is 0.378 e. The first-order valence-corrected chi connectivity index (χ1v) is 14.9. The molecule has 0 aliphatic heterocycles. The number of aromatic nitrogens is 3. The zero-order valence-electron chi connectivity index (χ0n) is 24.5. The first-order valence-electron chi connectivity index (χ1n) is 14.9. The highest BCUT2D eigenvalue weighted by Gasteiger charge is 2.08. The van der Waals surface area contributed by atoms with E-state index in [0.717, 1.165) is 37.9 Å². The molecule has 0 saturated heterocycles. The molecule has 11 heteroatoms. The zero-order chi connectivity index (χ0) is 28.7. The molecule has 6 N–H and O–H groups in total. The topological polar surface area (TPSA) is 148 Å². The Hall–Kier alpha value is -3.02. The maximum Gasteiger partial charge on any atom is 0.251 e. The number of nitrogens with one attached hydrogen (secondary N) is 4. The lowest BCUT2D eigenvalue weighted by Crippen LogP contribution is -2.27. The van der Waals surface area contributed by atoms with Gasteiger partial charge in [0.25, 0.3) is 5.91 Å². The van der Waals surface area contributed by atoms with Gasteiger partial charge < -0.3 is 36.5 Å². The lowest BCUT2D eigenvalue weighted by Gasteiger charge is -2.12. The van der Waals surface area contributed by atoms with Crippen molar-refractivity contribution in [1.82, 2.24) is 20.3 Å². The molecule has 0 unspecified atom stereocenters. The first kappa shape index (κ1) is 33.2. The van der Waals surface area contributed by atoms with E-state index >= 15 is 0 Å². The van der Waals surface area contributed by atoms with Gasteiger partial charge in [0.15, 0.2) is 0 Å². The number of anilines is 3. The smallest absolute Gasteiger partial charge is 0.251 e. The van der Waals surface area contributed by atoms with Gasteiger partial charge in [0.05, 0.1) is 26.4 Å². The SMILES string of the molecule is CCCCCCCCNc1nc(NCCCC)nc(NCc2ccc(C(=O)NCCOCCOCCN)cc2)n1. The molecule has 224 valence electrons. The molecule has 1 amide bonds. The van der Waals surface area contributed by atoms with E-state index in [-0.39, 0.29) is 5.91 Å². The minimum atomic E-state index is -0.135. The normalized spacial score (nSPS) is 10.9. The minimum absolute atomic E-state index is 0.135. The average Bonchev–Trinajstić information content (AvgIpc) is 2.97. The molecular weight excluding hydrogens is 508 g/mol. The van der Waals surface area contributed by atoms with Gasteiger partial charge in [0.2, 0.25) is 17.8 Å². The van der Waals surface area contributed by atoms with E-state index < -0.39 is 0 Å². The Labute approximate surface area is 239 Å². The minimum Gasteiger partial charge on any atom is -0.378 e. The number of carbonyl (C=O) groups excluding carboxylic acids is 1. The predicted octanol–water partition coefficient (Wildman–Crippen LogP) is 4.19. The van der Waals surface area contributed by atoms with Crippen LogP contribution in [0.3, 0.4) is 0 Å². The number of nitrogens with two attached hydrogens (primary N) is 1. The van der Waals surface area contributed by atoms with Crippen molar-refractivity contribution in [3.63, 3.8) is 0 Å². The first-order chi connectivity index (χ1) is 19.7. The van der Waals surface area contributed by atoms with Crippen LogP contribution in [0.2, 0.25) is 0 Å². The van der Waals surface area contributed by atoms with Crippen LogP contribution < -0.4 is 27.0 Å². The van der Waals surface area contributed by atoms with Crippen molar-refractivity contribution in [2.75, 3.05) is 68.6 Å². The molecule has 0 aliphatic carbocycles. The van der Waals surface area contributed by atoms with Crippen LogP contribution in [0.15, 0.2) is 24.3 Å². The summed E-state index contributed by atoms with van der Waals surface area (Å²) < 4.78 is 10.7. The van der Waals surface area contributed by atoms with Crippen molar-refractivity contribution in [3.8, 4) is 0 Å². The molecule has 40 heavy (non-hydrogen) atoms. The van der Waals surface area contributed by atoms with E-state index in [9.17, 15) is 4.79 Å². The van der Waals surface area contributed by atoms with Gasteiger partial charge in [-0.15, -0.1) is 0 Å². The molecule has 2 rings (SSSR count). The molecule has 2 aromatic rings. The van der Waals surface area contributed by atoms with Crippen LogP contribution in [-0.2, 0) is 16.0 Å². The number of unbranched alkanes of at least 4 members (excludes halogenated alkanes) is 6. The number of ether oxygens (including phenoxy) is 2. The van der Waals surface area contributed by atoms with Crippen molar-refractivity contribution in [2.24, 2.45) is 5.73 Å². The fraction of sp³-hybridized carbons (Fsp3) is 0.655. The Morgan fingerprint density at radius 1 is 0.700 bits per heavy atom. The summed E-state index contributed by atoms with van der Waals surface area (Å²) in [4.78, 5) is 26.1. The third-order valence-corrected chi connectivity index (χ3v) is 6.10. The number of benzene rings is 1. The number of nitrogens with zero attached hydrogens (tertiary/aromatic N) is 3. The van der Waals surface area contributed by atoms with E-state index in [1.54, 1.807) is 0 Å². The maximum absolute atomic E-state index is 12.4. The van der Waals surface area contributed by atoms with Gasteiger partial charge in [0.1, 0.15) is 0 Å². The number of hydrogen-bond acceptors (Lipinski definition) is 10. The van der Waals surface area contributed by atoms with E-state index in [1.165, 1.54) is 32.1 Å². The molecule has 0 fully saturated rings. The summed E-state index contributed by atoms with van der Waals surface area (Å²) >= 11 is 0. The highest BCUT2D eigenvalue weighted by atomic mass is 16.5. The Morgan fingerprint density at radius 2 is 1.27 bits per heavy atom. The number of rotatable bonds is 24.